The molecule has 1 rings (SSSR count). The van der Waals surface area contributed by atoms with Crippen LogP contribution in [0, 0.1) is 22.9 Å². The van der Waals surface area contributed by atoms with Gasteiger partial charge in [0, 0.05) is 0 Å². The van der Waals surface area contributed by atoms with Gasteiger partial charge in [0.1, 0.15) is 5.82 Å². The van der Waals surface area contributed by atoms with Crippen LogP contribution < -0.4 is 0 Å². The Morgan fingerprint density at radius 1 is 1.58 bits per heavy atom. The van der Waals surface area contributed by atoms with Gasteiger partial charge in [0.25, 0.3) is 5.69 Å². The first-order chi connectivity index (χ1) is 5.54. The summed E-state index contributed by atoms with van der Waals surface area (Å²) in [4.78, 5) is 9.80. The zero-order valence-electron chi connectivity index (χ0n) is 6.17. The molecule has 0 fully saturated rings. The van der Waals surface area contributed by atoms with Crippen LogP contribution in [0.1, 0.15) is 5.56 Å². The van der Waals surface area contributed by atoms with Crippen molar-refractivity contribution in [3.8, 4) is 0 Å². The van der Waals surface area contributed by atoms with E-state index in [1.807, 2.05) is 0 Å². The molecule has 0 saturated heterocycles. The second-order valence-corrected chi connectivity index (χ2v) is 3.11. The highest BCUT2D eigenvalue weighted by molar-refractivity contribution is 9.10. The number of benzene rings is 1. The SMILES string of the molecule is Cc1c(F)ccc(Br)c1[N+](=O)[O-]. The van der Waals surface area contributed by atoms with E-state index in [0.717, 1.165) is 0 Å². The Hall–Kier alpha value is -0.970. The van der Waals surface area contributed by atoms with Gasteiger partial charge in [-0.25, -0.2) is 4.39 Å². The van der Waals surface area contributed by atoms with Crippen LogP contribution in [0.4, 0.5) is 10.1 Å². The van der Waals surface area contributed by atoms with E-state index >= 15 is 0 Å². The number of nitro groups is 1. The summed E-state index contributed by atoms with van der Waals surface area (Å²) in [6, 6.07) is 2.51. The number of hydrogen-bond acceptors (Lipinski definition) is 2. The van der Waals surface area contributed by atoms with Crippen LogP contribution in [0.15, 0.2) is 16.6 Å². The molecule has 0 amide bonds. The molecule has 1 aromatic carbocycles. The van der Waals surface area contributed by atoms with E-state index in [1.54, 1.807) is 0 Å². The third kappa shape index (κ3) is 1.45. The van der Waals surface area contributed by atoms with Gasteiger partial charge in [-0.2, -0.15) is 0 Å². The molecule has 5 heteroatoms. The predicted molar refractivity (Wildman–Crippen MR) is 45.5 cm³/mol. The highest BCUT2D eigenvalue weighted by Crippen LogP contribution is 2.29. The third-order valence-corrected chi connectivity index (χ3v) is 2.14. The largest absolute Gasteiger partial charge is 0.289 e. The summed E-state index contributed by atoms with van der Waals surface area (Å²) in [5.41, 5.74) is -0.163. The number of rotatable bonds is 1. The molecule has 0 atom stereocenters. The maximum atomic E-state index is 12.8. The Balaban J connectivity index is 3.43. The van der Waals surface area contributed by atoms with Crippen molar-refractivity contribution in [3.05, 3.63) is 38.1 Å². The molecule has 0 spiro atoms. The molecule has 0 aliphatic heterocycles. The summed E-state index contributed by atoms with van der Waals surface area (Å²) < 4.78 is 13.1. The van der Waals surface area contributed by atoms with Gasteiger partial charge in [0.05, 0.1) is 15.0 Å². The fraction of sp³-hybridized carbons (Fsp3) is 0.143. The van der Waals surface area contributed by atoms with E-state index in [4.69, 9.17) is 0 Å². The molecule has 1 aromatic rings. The predicted octanol–water partition coefficient (Wildman–Crippen LogP) is 2.80. The van der Waals surface area contributed by atoms with Crippen LogP contribution >= 0.6 is 15.9 Å². The summed E-state index contributed by atoms with van der Waals surface area (Å²) in [5.74, 6) is -0.565. The highest BCUT2D eigenvalue weighted by atomic mass is 79.9. The van der Waals surface area contributed by atoms with E-state index in [1.165, 1.54) is 19.1 Å². The van der Waals surface area contributed by atoms with Crippen molar-refractivity contribution < 1.29 is 9.31 Å². The van der Waals surface area contributed by atoms with Gasteiger partial charge in [-0.05, 0) is 35.0 Å². The Kier molecular flexibility index (Phi) is 2.42. The lowest BCUT2D eigenvalue weighted by molar-refractivity contribution is -0.386. The van der Waals surface area contributed by atoms with Crippen molar-refractivity contribution in [3.63, 3.8) is 0 Å². The summed E-state index contributed by atoms with van der Waals surface area (Å²) in [7, 11) is 0. The quantitative estimate of drug-likeness (QED) is 0.553. The van der Waals surface area contributed by atoms with Gasteiger partial charge in [0.15, 0.2) is 0 Å². The minimum atomic E-state index is -0.609. The number of hydrogen-bond donors (Lipinski definition) is 0. The number of halogens is 2. The van der Waals surface area contributed by atoms with Crippen LogP contribution in [-0.4, -0.2) is 4.92 Å². The topological polar surface area (TPSA) is 43.1 Å². The monoisotopic (exact) mass is 233 g/mol. The van der Waals surface area contributed by atoms with E-state index in [9.17, 15) is 14.5 Å². The van der Waals surface area contributed by atoms with Crippen molar-refractivity contribution in [1.29, 1.82) is 0 Å². The van der Waals surface area contributed by atoms with Gasteiger partial charge in [-0.3, -0.25) is 10.1 Å². The number of nitrogens with zero attached hydrogens (tertiary/aromatic N) is 1. The van der Waals surface area contributed by atoms with E-state index in [-0.39, 0.29) is 11.3 Å². The zero-order chi connectivity index (χ0) is 9.30. The molecule has 0 heterocycles. The molecule has 0 unspecified atom stereocenters. The van der Waals surface area contributed by atoms with Crippen LogP contribution in [0.5, 0.6) is 0 Å². The van der Waals surface area contributed by atoms with Gasteiger partial charge >= 0.3 is 0 Å². The Labute approximate surface area is 76.5 Å². The third-order valence-electron chi connectivity index (χ3n) is 1.50. The minimum absolute atomic E-state index is 0.0503. The first kappa shape index (κ1) is 9.12. The standard InChI is InChI=1S/C7H5BrFNO2/c1-4-6(9)3-2-5(8)7(4)10(11)12/h2-3H,1H3. The van der Waals surface area contributed by atoms with Gasteiger partial charge in [0.2, 0.25) is 0 Å². The summed E-state index contributed by atoms with van der Waals surface area (Å²) >= 11 is 2.97. The molecule has 3 nitrogen and oxygen atoms in total. The van der Waals surface area contributed by atoms with Crippen molar-refractivity contribution >= 4 is 21.6 Å². The average Bonchev–Trinajstić information content (AvgIpc) is 1.97. The van der Waals surface area contributed by atoms with Crippen molar-refractivity contribution in [2.75, 3.05) is 0 Å². The van der Waals surface area contributed by atoms with Crippen LogP contribution in [-0.2, 0) is 0 Å². The molecular formula is C7H5BrFNO2. The Morgan fingerprint density at radius 2 is 2.17 bits per heavy atom. The second-order valence-electron chi connectivity index (χ2n) is 2.26. The highest BCUT2D eigenvalue weighted by Gasteiger charge is 2.18. The summed E-state index contributed by atoms with van der Waals surface area (Å²) in [6.07, 6.45) is 0. The molecule has 0 aliphatic rings. The molecule has 0 aliphatic carbocycles. The summed E-state index contributed by atoms with van der Waals surface area (Å²) in [6.45, 7) is 1.37. The first-order valence-electron chi connectivity index (χ1n) is 3.13. The fourth-order valence-electron chi connectivity index (χ4n) is 0.867. The molecule has 0 radical (unpaired) electrons. The Bertz CT molecular complexity index is 340. The van der Waals surface area contributed by atoms with Gasteiger partial charge in [-0.1, -0.05) is 0 Å². The maximum absolute atomic E-state index is 12.8. The van der Waals surface area contributed by atoms with Gasteiger partial charge < -0.3 is 0 Å². The smallest absolute Gasteiger partial charge is 0.258 e. The second kappa shape index (κ2) is 3.18. The van der Waals surface area contributed by atoms with Crippen LogP contribution in [0.2, 0.25) is 0 Å². The van der Waals surface area contributed by atoms with Crippen molar-refractivity contribution in [2.45, 2.75) is 6.92 Å². The molecule has 12 heavy (non-hydrogen) atoms. The molecule has 0 aromatic heterocycles. The van der Waals surface area contributed by atoms with Crippen molar-refractivity contribution in [2.24, 2.45) is 0 Å². The normalized spacial score (nSPS) is 9.92. The molecular weight excluding hydrogens is 229 g/mol. The van der Waals surface area contributed by atoms with Crippen molar-refractivity contribution in [1.82, 2.24) is 0 Å². The molecule has 0 saturated carbocycles. The lowest BCUT2D eigenvalue weighted by Crippen LogP contribution is -1.95. The first-order valence-corrected chi connectivity index (χ1v) is 3.92. The van der Waals surface area contributed by atoms with E-state index in [0.29, 0.717) is 4.47 Å². The molecule has 0 N–H and O–H groups in total. The zero-order valence-corrected chi connectivity index (χ0v) is 7.76. The van der Waals surface area contributed by atoms with E-state index in [2.05, 4.69) is 15.9 Å². The fourth-order valence-corrected chi connectivity index (χ4v) is 1.44. The lowest BCUT2D eigenvalue weighted by atomic mass is 10.2. The van der Waals surface area contributed by atoms with Crippen LogP contribution in [0.3, 0.4) is 0 Å². The molecule has 0 bridgehead atoms. The molecule has 64 valence electrons. The van der Waals surface area contributed by atoms with Crippen LogP contribution in [0.25, 0.3) is 0 Å². The lowest BCUT2D eigenvalue weighted by Gasteiger charge is -1.99. The number of nitro benzene ring substituents is 1. The minimum Gasteiger partial charge on any atom is -0.258 e. The van der Waals surface area contributed by atoms with Gasteiger partial charge in [-0.15, -0.1) is 0 Å². The summed E-state index contributed by atoms with van der Waals surface area (Å²) in [5, 5.41) is 10.4. The van der Waals surface area contributed by atoms with E-state index < -0.39 is 10.7 Å². The average molecular weight is 234 g/mol. The maximum Gasteiger partial charge on any atom is 0.289 e. The Morgan fingerprint density at radius 3 is 2.58 bits per heavy atom.